The van der Waals surface area contributed by atoms with Crippen LogP contribution in [0.15, 0.2) is 12.1 Å². The lowest BCUT2D eigenvalue weighted by Crippen LogP contribution is -2.17. The second kappa shape index (κ2) is 8.14. The molecule has 3 fully saturated rings. The van der Waals surface area contributed by atoms with Gasteiger partial charge in [-0.15, -0.1) is 0 Å². The van der Waals surface area contributed by atoms with Crippen molar-refractivity contribution >= 4 is 0 Å². The third kappa shape index (κ3) is 3.76. The molecule has 3 aliphatic carbocycles. The first kappa shape index (κ1) is 17.4. The second-order valence-corrected chi connectivity index (χ2v) is 9.01. The van der Waals surface area contributed by atoms with E-state index in [1.807, 2.05) is 0 Å². The van der Waals surface area contributed by atoms with Gasteiger partial charge in [-0.3, -0.25) is 0 Å². The summed E-state index contributed by atoms with van der Waals surface area (Å²) < 4.78 is 0. The zero-order valence-corrected chi connectivity index (χ0v) is 15.9. The maximum Gasteiger partial charge on any atom is 0.119 e. The smallest absolute Gasteiger partial charge is 0.119 e. The van der Waals surface area contributed by atoms with E-state index in [4.69, 9.17) is 0 Å². The highest BCUT2D eigenvalue weighted by Gasteiger charge is 2.31. The molecule has 1 N–H and O–H groups in total. The van der Waals surface area contributed by atoms with Crippen LogP contribution in [0, 0.1) is 0 Å². The monoisotopic (exact) mass is 340 g/mol. The van der Waals surface area contributed by atoms with Crippen molar-refractivity contribution in [3.63, 3.8) is 0 Å². The predicted octanol–water partition coefficient (Wildman–Crippen LogP) is 7.54. The van der Waals surface area contributed by atoms with Gasteiger partial charge >= 0.3 is 0 Å². The minimum atomic E-state index is 0.618. The molecule has 0 amide bonds. The molecule has 25 heavy (non-hydrogen) atoms. The molecular weight excluding hydrogens is 304 g/mol. The van der Waals surface area contributed by atoms with Gasteiger partial charge in [0.15, 0.2) is 0 Å². The van der Waals surface area contributed by atoms with E-state index in [9.17, 15) is 5.11 Å². The lowest BCUT2D eigenvalue weighted by Gasteiger charge is -2.35. The van der Waals surface area contributed by atoms with Crippen LogP contribution in [0.3, 0.4) is 0 Å². The molecule has 1 nitrogen and oxygen atoms in total. The zero-order valence-electron chi connectivity index (χ0n) is 15.9. The van der Waals surface area contributed by atoms with Gasteiger partial charge in [-0.2, -0.15) is 0 Å². The fourth-order valence-electron chi connectivity index (χ4n) is 6.08. The van der Waals surface area contributed by atoms with E-state index in [0.29, 0.717) is 11.7 Å². The van der Waals surface area contributed by atoms with Crippen molar-refractivity contribution in [2.24, 2.45) is 0 Å². The first-order valence-electron chi connectivity index (χ1n) is 11.2. The predicted molar refractivity (Wildman–Crippen MR) is 106 cm³/mol. The average molecular weight is 341 g/mol. The molecule has 1 heteroatoms. The summed E-state index contributed by atoms with van der Waals surface area (Å²) in [6.45, 7) is 0. The summed E-state index contributed by atoms with van der Waals surface area (Å²) in [6, 6.07) is 4.38. The van der Waals surface area contributed by atoms with Crippen LogP contribution in [-0.2, 0) is 0 Å². The van der Waals surface area contributed by atoms with Gasteiger partial charge in [-0.1, -0.05) is 63.9 Å². The number of benzene rings is 1. The van der Waals surface area contributed by atoms with Crippen LogP contribution in [0.1, 0.15) is 131 Å². The molecule has 0 heterocycles. The van der Waals surface area contributed by atoms with E-state index >= 15 is 0 Å². The van der Waals surface area contributed by atoms with Gasteiger partial charge in [0.1, 0.15) is 5.75 Å². The normalized spacial score (nSPS) is 24.5. The Balaban J connectivity index is 1.76. The molecule has 3 saturated carbocycles. The zero-order chi connectivity index (χ0) is 17.1. The summed E-state index contributed by atoms with van der Waals surface area (Å²) in [5.74, 6) is 2.71. The third-order valence-corrected chi connectivity index (χ3v) is 7.37. The molecule has 138 valence electrons. The fraction of sp³-hybridized carbons (Fsp3) is 0.750. The van der Waals surface area contributed by atoms with Crippen molar-refractivity contribution < 1.29 is 5.11 Å². The van der Waals surface area contributed by atoms with E-state index < -0.39 is 0 Å². The Morgan fingerprint density at radius 3 is 1.48 bits per heavy atom. The molecule has 0 unspecified atom stereocenters. The van der Waals surface area contributed by atoms with Crippen molar-refractivity contribution in [1.29, 1.82) is 0 Å². The summed E-state index contributed by atoms with van der Waals surface area (Å²) in [5.41, 5.74) is 4.68. The summed E-state index contributed by atoms with van der Waals surface area (Å²) in [4.78, 5) is 0. The Morgan fingerprint density at radius 1 is 0.520 bits per heavy atom. The van der Waals surface area contributed by atoms with Gasteiger partial charge in [-0.25, -0.2) is 0 Å². The lowest BCUT2D eigenvalue weighted by atomic mass is 9.70. The number of hydrogen-bond acceptors (Lipinski definition) is 1. The highest BCUT2D eigenvalue weighted by atomic mass is 16.3. The number of rotatable bonds is 3. The molecule has 4 rings (SSSR count). The topological polar surface area (TPSA) is 20.2 Å². The molecular formula is C24H36O. The number of phenols is 1. The molecule has 1 aromatic rings. The SMILES string of the molecule is Oc1ccc(C2CCCCC2)c(C2CCCCC2)c1C1CCCCC1. The van der Waals surface area contributed by atoms with E-state index in [1.54, 1.807) is 11.1 Å². The van der Waals surface area contributed by atoms with Crippen molar-refractivity contribution in [2.75, 3.05) is 0 Å². The van der Waals surface area contributed by atoms with E-state index in [0.717, 1.165) is 11.8 Å². The maximum absolute atomic E-state index is 10.9. The van der Waals surface area contributed by atoms with E-state index in [-0.39, 0.29) is 0 Å². The Morgan fingerprint density at radius 2 is 0.960 bits per heavy atom. The summed E-state index contributed by atoms with van der Waals surface area (Å²) in [5, 5.41) is 10.9. The van der Waals surface area contributed by atoms with Crippen molar-refractivity contribution in [3.8, 4) is 5.75 Å². The largest absolute Gasteiger partial charge is 0.508 e. The second-order valence-electron chi connectivity index (χ2n) is 9.01. The van der Waals surface area contributed by atoms with Crippen LogP contribution >= 0.6 is 0 Å². The molecule has 0 aliphatic heterocycles. The van der Waals surface area contributed by atoms with Crippen molar-refractivity contribution in [1.82, 2.24) is 0 Å². The van der Waals surface area contributed by atoms with Gasteiger partial charge in [0.05, 0.1) is 0 Å². The highest BCUT2D eigenvalue weighted by molar-refractivity contribution is 5.50. The highest BCUT2D eigenvalue weighted by Crippen LogP contribution is 2.49. The number of phenolic OH excluding ortho intramolecular Hbond substituents is 1. The molecule has 3 aliphatic rings. The third-order valence-electron chi connectivity index (χ3n) is 7.37. The Labute approximate surface area is 154 Å². The lowest BCUT2D eigenvalue weighted by molar-refractivity contribution is 0.388. The van der Waals surface area contributed by atoms with Gasteiger partial charge in [0, 0.05) is 5.56 Å². The minimum absolute atomic E-state index is 0.618. The summed E-state index contributed by atoms with van der Waals surface area (Å²) >= 11 is 0. The number of aromatic hydroxyl groups is 1. The van der Waals surface area contributed by atoms with E-state index in [2.05, 4.69) is 12.1 Å². The summed E-state index contributed by atoms with van der Waals surface area (Å²) in [7, 11) is 0. The molecule has 1 aromatic carbocycles. The van der Waals surface area contributed by atoms with Crippen LogP contribution < -0.4 is 0 Å². The van der Waals surface area contributed by atoms with Gasteiger partial charge in [0.25, 0.3) is 0 Å². The number of hydrogen-bond donors (Lipinski definition) is 1. The Kier molecular flexibility index (Phi) is 5.68. The molecule has 0 saturated heterocycles. The van der Waals surface area contributed by atoms with Crippen LogP contribution in [0.25, 0.3) is 0 Å². The minimum Gasteiger partial charge on any atom is -0.508 e. The molecule has 0 bridgehead atoms. The maximum atomic E-state index is 10.9. The molecule has 0 aromatic heterocycles. The van der Waals surface area contributed by atoms with Crippen LogP contribution in [0.5, 0.6) is 5.75 Å². The molecule has 0 radical (unpaired) electrons. The quantitative estimate of drug-likeness (QED) is 0.602. The Hall–Kier alpha value is -0.980. The standard InChI is InChI=1S/C24H36O/c25-22-17-16-21(18-10-4-1-5-11-18)23(19-12-6-2-7-13-19)24(22)20-14-8-3-9-15-20/h16-20,25H,1-15H2. The van der Waals surface area contributed by atoms with E-state index in [1.165, 1.54) is 102 Å². The van der Waals surface area contributed by atoms with Crippen LogP contribution in [-0.4, -0.2) is 5.11 Å². The van der Waals surface area contributed by atoms with Gasteiger partial charge in [-0.05, 0) is 73.5 Å². The van der Waals surface area contributed by atoms with Crippen LogP contribution in [0.2, 0.25) is 0 Å². The van der Waals surface area contributed by atoms with Crippen molar-refractivity contribution in [3.05, 3.63) is 28.8 Å². The molecule has 0 atom stereocenters. The van der Waals surface area contributed by atoms with Crippen LogP contribution in [0.4, 0.5) is 0 Å². The Bertz CT molecular complexity index is 558. The molecule has 0 spiro atoms. The van der Waals surface area contributed by atoms with Gasteiger partial charge < -0.3 is 5.11 Å². The van der Waals surface area contributed by atoms with Crippen molar-refractivity contribution in [2.45, 2.75) is 114 Å². The first-order valence-corrected chi connectivity index (χ1v) is 11.2. The average Bonchev–Trinajstić information content (AvgIpc) is 2.70. The van der Waals surface area contributed by atoms with Gasteiger partial charge in [0.2, 0.25) is 0 Å². The fourth-order valence-corrected chi connectivity index (χ4v) is 6.08. The first-order chi connectivity index (χ1) is 12.3. The summed E-state index contributed by atoms with van der Waals surface area (Å²) in [6.07, 6.45) is 20.5.